The minimum atomic E-state index is -0.826. The van der Waals surface area contributed by atoms with E-state index in [4.69, 9.17) is 0 Å². The van der Waals surface area contributed by atoms with Crippen molar-refractivity contribution in [3.8, 4) is 0 Å². The van der Waals surface area contributed by atoms with E-state index in [9.17, 15) is 9.59 Å². The monoisotopic (exact) mass is 281 g/mol. The van der Waals surface area contributed by atoms with E-state index in [0.717, 1.165) is 11.4 Å². The molecule has 1 saturated heterocycles. The average molecular weight is 281 g/mol. The summed E-state index contributed by atoms with van der Waals surface area (Å²) < 4.78 is 0. The summed E-state index contributed by atoms with van der Waals surface area (Å²) >= 11 is 1.50. The lowest BCUT2D eigenvalue weighted by atomic mass is 9.94. The van der Waals surface area contributed by atoms with Crippen molar-refractivity contribution >= 4 is 23.2 Å². The van der Waals surface area contributed by atoms with Gasteiger partial charge in [-0.15, -0.1) is 11.3 Å². The van der Waals surface area contributed by atoms with Gasteiger partial charge < -0.3 is 10.2 Å². The molecule has 1 unspecified atom stereocenters. The summed E-state index contributed by atoms with van der Waals surface area (Å²) in [6.07, 6.45) is 3.25. The summed E-state index contributed by atoms with van der Waals surface area (Å²) in [6, 6.07) is -0.398. The highest BCUT2D eigenvalue weighted by molar-refractivity contribution is 7.09. The Labute approximate surface area is 117 Å². The van der Waals surface area contributed by atoms with Crippen LogP contribution in [0.3, 0.4) is 0 Å². The molecule has 2 heterocycles. The van der Waals surface area contributed by atoms with Gasteiger partial charge in [-0.3, -0.25) is 9.59 Å². The lowest BCUT2D eigenvalue weighted by Gasteiger charge is -2.43. The lowest BCUT2D eigenvalue weighted by Crippen LogP contribution is -2.67. The van der Waals surface area contributed by atoms with Crippen LogP contribution < -0.4 is 5.32 Å². The smallest absolute Gasteiger partial charge is 0.246 e. The molecule has 0 radical (unpaired) electrons. The van der Waals surface area contributed by atoms with Crippen molar-refractivity contribution in [2.24, 2.45) is 0 Å². The Hall–Kier alpha value is -1.43. The minimum Gasteiger partial charge on any atom is -0.342 e. The van der Waals surface area contributed by atoms with Crippen molar-refractivity contribution in [3.63, 3.8) is 0 Å². The van der Waals surface area contributed by atoms with Gasteiger partial charge in [-0.1, -0.05) is 13.3 Å². The maximum absolute atomic E-state index is 12.5. The van der Waals surface area contributed by atoms with E-state index >= 15 is 0 Å². The second kappa shape index (κ2) is 5.28. The van der Waals surface area contributed by atoms with Crippen molar-refractivity contribution in [1.29, 1.82) is 0 Å². The number of rotatable bonds is 4. The fraction of sp³-hybridized carbons (Fsp3) is 0.615. The van der Waals surface area contributed by atoms with E-state index in [-0.39, 0.29) is 11.8 Å². The summed E-state index contributed by atoms with van der Waals surface area (Å²) in [4.78, 5) is 30.5. The fourth-order valence-corrected chi connectivity index (χ4v) is 2.81. The molecule has 2 amide bonds. The Morgan fingerprint density at radius 3 is 2.79 bits per heavy atom. The molecule has 6 heteroatoms. The van der Waals surface area contributed by atoms with Gasteiger partial charge in [0.15, 0.2) is 0 Å². The third kappa shape index (κ3) is 2.63. The Bertz CT molecular complexity index is 470. The standard InChI is InChI=1S/C13H19N3O2S/c1-4-5-9-11(17)16(8-10-14-6-7-19-10)13(2,3)12(18)15-9/h6-7,9H,4-5,8H2,1-3H3,(H,15,18). The molecule has 0 bridgehead atoms. The maximum Gasteiger partial charge on any atom is 0.246 e. The number of nitrogens with one attached hydrogen (secondary N) is 1. The van der Waals surface area contributed by atoms with E-state index in [0.29, 0.717) is 13.0 Å². The highest BCUT2D eigenvalue weighted by Crippen LogP contribution is 2.25. The molecule has 1 atom stereocenters. The Morgan fingerprint density at radius 1 is 1.47 bits per heavy atom. The van der Waals surface area contributed by atoms with Crippen molar-refractivity contribution in [3.05, 3.63) is 16.6 Å². The highest BCUT2D eigenvalue weighted by Gasteiger charge is 2.45. The fourth-order valence-electron chi connectivity index (χ4n) is 2.21. The van der Waals surface area contributed by atoms with Gasteiger partial charge >= 0.3 is 0 Å². The molecule has 2 rings (SSSR count). The molecular formula is C13H19N3O2S. The topological polar surface area (TPSA) is 62.3 Å². The summed E-state index contributed by atoms with van der Waals surface area (Å²) in [5.41, 5.74) is -0.826. The van der Waals surface area contributed by atoms with Crippen molar-refractivity contribution in [2.45, 2.75) is 51.7 Å². The van der Waals surface area contributed by atoms with E-state index in [1.54, 1.807) is 24.9 Å². The second-order valence-electron chi connectivity index (χ2n) is 5.22. The Kier molecular flexibility index (Phi) is 3.89. The molecule has 1 aromatic heterocycles. The van der Waals surface area contributed by atoms with Crippen LogP contribution in [0.15, 0.2) is 11.6 Å². The zero-order valence-electron chi connectivity index (χ0n) is 11.5. The quantitative estimate of drug-likeness (QED) is 0.911. The summed E-state index contributed by atoms with van der Waals surface area (Å²) in [5.74, 6) is -0.108. The van der Waals surface area contributed by atoms with Crippen molar-refractivity contribution in [2.75, 3.05) is 0 Å². The number of carbonyl (C=O) groups is 2. The van der Waals surface area contributed by atoms with Gasteiger partial charge in [-0.25, -0.2) is 4.98 Å². The predicted molar refractivity (Wildman–Crippen MR) is 73.6 cm³/mol. The van der Waals surface area contributed by atoms with E-state index < -0.39 is 11.6 Å². The normalized spacial score (nSPS) is 22.5. The van der Waals surface area contributed by atoms with Crippen LogP contribution in [-0.4, -0.2) is 33.3 Å². The molecule has 0 spiro atoms. The third-order valence-corrected chi connectivity index (χ3v) is 4.22. The van der Waals surface area contributed by atoms with Crippen LogP contribution in [0.1, 0.15) is 38.6 Å². The molecule has 1 fully saturated rings. The van der Waals surface area contributed by atoms with Gasteiger partial charge in [-0.05, 0) is 20.3 Å². The summed E-state index contributed by atoms with van der Waals surface area (Å²) in [7, 11) is 0. The minimum absolute atomic E-state index is 0.0124. The van der Waals surface area contributed by atoms with Gasteiger partial charge in [0.25, 0.3) is 0 Å². The number of piperazine rings is 1. The number of hydrogen-bond acceptors (Lipinski definition) is 4. The summed E-state index contributed by atoms with van der Waals surface area (Å²) in [6.45, 7) is 5.95. The van der Waals surface area contributed by atoms with Crippen molar-refractivity contribution < 1.29 is 9.59 Å². The molecule has 1 aliphatic heterocycles. The van der Waals surface area contributed by atoms with Gasteiger partial charge in [0, 0.05) is 11.6 Å². The van der Waals surface area contributed by atoms with Crippen molar-refractivity contribution in [1.82, 2.24) is 15.2 Å². The van der Waals surface area contributed by atoms with Crippen LogP contribution in [0.5, 0.6) is 0 Å². The average Bonchev–Trinajstić information content (AvgIpc) is 2.85. The maximum atomic E-state index is 12.5. The molecule has 5 nitrogen and oxygen atoms in total. The first kappa shape index (κ1) is 14.0. The Balaban J connectivity index is 2.24. The van der Waals surface area contributed by atoms with Crippen LogP contribution in [0.25, 0.3) is 0 Å². The molecule has 1 aliphatic rings. The number of carbonyl (C=O) groups excluding carboxylic acids is 2. The number of amides is 2. The van der Waals surface area contributed by atoms with Crippen LogP contribution in [0.2, 0.25) is 0 Å². The molecule has 0 aliphatic carbocycles. The molecule has 19 heavy (non-hydrogen) atoms. The number of nitrogens with zero attached hydrogens (tertiary/aromatic N) is 2. The first-order chi connectivity index (χ1) is 8.96. The van der Waals surface area contributed by atoms with Gasteiger partial charge in [-0.2, -0.15) is 0 Å². The zero-order valence-corrected chi connectivity index (χ0v) is 12.3. The largest absolute Gasteiger partial charge is 0.342 e. The van der Waals surface area contributed by atoms with E-state index in [2.05, 4.69) is 10.3 Å². The lowest BCUT2D eigenvalue weighted by molar-refractivity contribution is -0.156. The van der Waals surface area contributed by atoms with E-state index in [1.165, 1.54) is 11.3 Å². The molecular weight excluding hydrogens is 262 g/mol. The van der Waals surface area contributed by atoms with Gasteiger partial charge in [0.05, 0.1) is 6.54 Å². The SMILES string of the molecule is CCCC1NC(=O)C(C)(C)N(Cc2nccs2)C1=O. The number of thiazole rings is 1. The number of hydrogen-bond donors (Lipinski definition) is 1. The molecule has 1 N–H and O–H groups in total. The van der Waals surface area contributed by atoms with Crippen LogP contribution in [0, 0.1) is 0 Å². The van der Waals surface area contributed by atoms with Gasteiger partial charge in [0.2, 0.25) is 11.8 Å². The molecule has 0 aromatic carbocycles. The molecule has 104 valence electrons. The van der Waals surface area contributed by atoms with Crippen LogP contribution in [0.4, 0.5) is 0 Å². The summed E-state index contributed by atoms with van der Waals surface area (Å²) in [5, 5.41) is 5.55. The van der Waals surface area contributed by atoms with Gasteiger partial charge in [0.1, 0.15) is 16.6 Å². The predicted octanol–water partition coefficient (Wildman–Crippen LogP) is 1.55. The third-order valence-electron chi connectivity index (χ3n) is 3.45. The first-order valence-electron chi connectivity index (χ1n) is 6.47. The second-order valence-corrected chi connectivity index (χ2v) is 6.20. The van der Waals surface area contributed by atoms with Crippen LogP contribution >= 0.6 is 11.3 Å². The van der Waals surface area contributed by atoms with E-state index in [1.807, 2.05) is 12.3 Å². The molecule has 0 saturated carbocycles. The van der Waals surface area contributed by atoms with Crippen LogP contribution in [-0.2, 0) is 16.1 Å². The number of aromatic nitrogens is 1. The highest BCUT2D eigenvalue weighted by atomic mass is 32.1. The first-order valence-corrected chi connectivity index (χ1v) is 7.35. The zero-order chi connectivity index (χ0) is 14.0. The Morgan fingerprint density at radius 2 is 2.21 bits per heavy atom. The molecule has 1 aromatic rings.